The molecular weight excluding hydrogens is 323 g/mol. The highest BCUT2D eigenvalue weighted by molar-refractivity contribution is 5.92. The van der Waals surface area contributed by atoms with E-state index in [1.165, 1.54) is 12.8 Å². The summed E-state index contributed by atoms with van der Waals surface area (Å²) in [6.07, 6.45) is 4.88. The van der Waals surface area contributed by atoms with Crippen LogP contribution < -0.4 is 5.32 Å². The molecule has 3 rings (SSSR count). The summed E-state index contributed by atoms with van der Waals surface area (Å²) in [7, 11) is 0. The largest absolute Gasteiger partial charge is 0.456 e. The average Bonchev–Trinajstić information content (AvgIpc) is 3.16. The molecule has 0 saturated heterocycles. The van der Waals surface area contributed by atoms with E-state index in [1.807, 2.05) is 0 Å². The molecule has 0 radical (unpaired) electrons. The monoisotopic (exact) mass is 341 g/mol. The third kappa shape index (κ3) is 3.55. The molecule has 0 unspecified atom stereocenters. The van der Waals surface area contributed by atoms with Crippen LogP contribution in [0.25, 0.3) is 0 Å². The summed E-state index contributed by atoms with van der Waals surface area (Å²) < 4.78 is 44.2. The molecule has 1 amide bonds. The Morgan fingerprint density at radius 2 is 1.92 bits per heavy atom. The van der Waals surface area contributed by atoms with Crippen molar-refractivity contribution in [2.75, 3.05) is 11.9 Å². The number of fused-ring (bicyclic) bond motifs is 2. The minimum absolute atomic E-state index is 0.286. The van der Waals surface area contributed by atoms with E-state index in [0.29, 0.717) is 23.8 Å². The molecule has 0 aliphatic heterocycles. The summed E-state index contributed by atoms with van der Waals surface area (Å²) in [5, 5.41) is 2.06. The van der Waals surface area contributed by atoms with Gasteiger partial charge in [-0.1, -0.05) is 6.42 Å². The van der Waals surface area contributed by atoms with Crippen LogP contribution >= 0.6 is 0 Å². The Balaban J connectivity index is 1.45. The minimum Gasteiger partial charge on any atom is -0.456 e. The Kier molecular flexibility index (Phi) is 4.78. The first-order valence-corrected chi connectivity index (χ1v) is 8.03. The Labute approximate surface area is 137 Å². The molecule has 4 nitrogen and oxygen atoms in total. The summed E-state index contributed by atoms with van der Waals surface area (Å²) in [6, 6.07) is 1.61. The number of nitrogens with one attached hydrogen (secondary N) is 1. The van der Waals surface area contributed by atoms with Gasteiger partial charge in [0.05, 0.1) is 5.69 Å². The molecule has 2 saturated carbocycles. The van der Waals surface area contributed by atoms with Gasteiger partial charge in [0.2, 0.25) is 0 Å². The average molecular weight is 341 g/mol. The van der Waals surface area contributed by atoms with Crippen LogP contribution in [0.2, 0.25) is 0 Å². The van der Waals surface area contributed by atoms with Gasteiger partial charge in [0, 0.05) is 6.42 Å². The highest BCUT2D eigenvalue weighted by Gasteiger charge is 2.40. The summed E-state index contributed by atoms with van der Waals surface area (Å²) in [6.45, 7) is -0.585. The number of rotatable bonds is 5. The fourth-order valence-electron chi connectivity index (χ4n) is 3.85. The number of benzene rings is 1. The summed E-state index contributed by atoms with van der Waals surface area (Å²) >= 11 is 0. The minimum atomic E-state index is -1.67. The van der Waals surface area contributed by atoms with Crippen LogP contribution in [-0.4, -0.2) is 18.5 Å². The van der Waals surface area contributed by atoms with Crippen LogP contribution in [-0.2, 0) is 14.3 Å². The normalized spacial score (nSPS) is 24.9. The molecule has 130 valence electrons. The van der Waals surface area contributed by atoms with Crippen molar-refractivity contribution in [2.45, 2.75) is 32.1 Å². The van der Waals surface area contributed by atoms with Gasteiger partial charge in [-0.3, -0.25) is 9.59 Å². The molecule has 24 heavy (non-hydrogen) atoms. The number of amides is 1. The SMILES string of the molecule is O=C(COC(=O)C[C@@H]1C[C@H]2CC[C@@H]1C2)Nc1ccc(F)c(F)c1F. The van der Waals surface area contributed by atoms with E-state index in [0.717, 1.165) is 18.9 Å². The number of halogens is 3. The molecule has 2 aliphatic rings. The second-order valence-electron chi connectivity index (χ2n) is 6.57. The predicted molar refractivity (Wildman–Crippen MR) is 79.5 cm³/mol. The molecule has 7 heteroatoms. The lowest BCUT2D eigenvalue weighted by molar-refractivity contribution is -0.148. The lowest BCUT2D eigenvalue weighted by Gasteiger charge is -2.20. The number of hydrogen-bond acceptors (Lipinski definition) is 3. The smallest absolute Gasteiger partial charge is 0.306 e. The van der Waals surface area contributed by atoms with Crippen molar-refractivity contribution in [1.82, 2.24) is 0 Å². The van der Waals surface area contributed by atoms with Crippen molar-refractivity contribution in [3.63, 3.8) is 0 Å². The number of carbonyl (C=O) groups excluding carboxylic acids is 2. The predicted octanol–water partition coefficient (Wildman–Crippen LogP) is 3.41. The number of anilines is 1. The van der Waals surface area contributed by atoms with Gasteiger partial charge in [0.1, 0.15) is 0 Å². The molecule has 2 bridgehead atoms. The van der Waals surface area contributed by atoms with Crippen molar-refractivity contribution in [2.24, 2.45) is 17.8 Å². The second-order valence-corrected chi connectivity index (χ2v) is 6.57. The van der Waals surface area contributed by atoms with Gasteiger partial charge < -0.3 is 10.1 Å². The Morgan fingerprint density at radius 1 is 1.12 bits per heavy atom. The van der Waals surface area contributed by atoms with Gasteiger partial charge in [-0.2, -0.15) is 0 Å². The second kappa shape index (κ2) is 6.83. The number of ether oxygens (including phenoxy) is 1. The highest BCUT2D eigenvalue weighted by atomic mass is 19.2. The zero-order chi connectivity index (χ0) is 17.3. The number of esters is 1. The highest BCUT2D eigenvalue weighted by Crippen LogP contribution is 2.49. The Bertz CT molecular complexity index is 665. The van der Waals surface area contributed by atoms with Crippen molar-refractivity contribution in [1.29, 1.82) is 0 Å². The quantitative estimate of drug-likeness (QED) is 0.660. The molecule has 1 aromatic rings. The maximum absolute atomic E-state index is 13.4. The van der Waals surface area contributed by atoms with E-state index in [4.69, 9.17) is 4.74 Å². The van der Waals surface area contributed by atoms with E-state index in [2.05, 4.69) is 5.32 Å². The maximum atomic E-state index is 13.4. The lowest BCUT2D eigenvalue weighted by atomic mass is 9.86. The maximum Gasteiger partial charge on any atom is 0.306 e. The molecule has 2 aliphatic carbocycles. The van der Waals surface area contributed by atoms with Gasteiger partial charge in [-0.25, -0.2) is 13.2 Å². The molecule has 1 N–H and O–H groups in total. The summed E-state index contributed by atoms with van der Waals surface area (Å²) in [4.78, 5) is 23.5. The molecule has 2 fully saturated rings. The first kappa shape index (κ1) is 16.8. The lowest BCUT2D eigenvalue weighted by Crippen LogP contribution is -2.23. The van der Waals surface area contributed by atoms with Crippen molar-refractivity contribution < 1.29 is 27.5 Å². The van der Waals surface area contributed by atoms with E-state index in [1.54, 1.807) is 0 Å². The van der Waals surface area contributed by atoms with Gasteiger partial charge >= 0.3 is 5.97 Å². The third-order valence-corrected chi connectivity index (χ3v) is 4.99. The molecule has 0 aromatic heterocycles. The Morgan fingerprint density at radius 3 is 2.58 bits per heavy atom. The number of carbonyl (C=O) groups is 2. The van der Waals surface area contributed by atoms with Crippen LogP contribution in [0.4, 0.5) is 18.9 Å². The number of hydrogen-bond donors (Lipinski definition) is 1. The first-order valence-electron chi connectivity index (χ1n) is 8.03. The van der Waals surface area contributed by atoms with Crippen LogP contribution in [0.15, 0.2) is 12.1 Å². The van der Waals surface area contributed by atoms with E-state index >= 15 is 0 Å². The third-order valence-electron chi connectivity index (χ3n) is 4.99. The molecule has 0 spiro atoms. The fourth-order valence-corrected chi connectivity index (χ4v) is 3.85. The van der Waals surface area contributed by atoms with Crippen molar-refractivity contribution in [3.05, 3.63) is 29.6 Å². The fraction of sp³-hybridized carbons (Fsp3) is 0.529. The topological polar surface area (TPSA) is 55.4 Å². The Hall–Kier alpha value is -2.05. The van der Waals surface area contributed by atoms with Gasteiger partial charge in [0.25, 0.3) is 5.91 Å². The van der Waals surface area contributed by atoms with Crippen LogP contribution in [0.1, 0.15) is 32.1 Å². The summed E-state index contributed by atoms with van der Waals surface area (Å²) in [5.74, 6) is -4.15. The molecule has 1 aromatic carbocycles. The van der Waals surface area contributed by atoms with Crippen LogP contribution in [0.5, 0.6) is 0 Å². The van der Waals surface area contributed by atoms with Crippen LogP contribution in [0, 0.1) is 35.2 Å². The van der Waals surface area contributed by atoms with Crippen molar-refractivity contribution in [3.8, 4) is 0 Å². The van der Waals surface area contributed by atoms with E-state index in [-0.39, 0.29) is 6.42 Å². The molecular formula is C17H18F3NO3. The van der Waals surface area contributed by atoms with E-state index in [9.17, 15) is 22.8 Å². The zero-order valence-electron chi connectivity index (χ0n) is 13.0. The van der Waals surface area contributed by atoms with Crippen LogP contribution in [0.3, 0.4) is 0 Å². The first-order chi connectivity index (χ1) is 11.4. The standard InChI is InChI=1S/C17H18F3NO3/c18-12-3-4-13(17(20)16(12)19)21-14(22)8-24-15(23)7-11-6-9-1-2-10(11)5-9/h3-4,9-11H,1-2,5-8H2,(H,21,22)/t9-,10+,11-/m0/s1. The van der Waals surface area contributed by atoms with Gasteiger partial charge in [0.15, 0.2) is 24.1 Å². The van der Waals surface area contributed by atoms with E-state index < -0.39 is 41.6 Å². The van der Waals surface area contributed by atoms with Gasteiger partial charge in [-0.15, -0.1) is 0 Å². The molecule has 0 heterocycles. The van der Waals surface area contributed by atoms with Crippen molar-refractivity contribution >= 4 is 17.6 Å². The zero-order valence-corrected chi connectivity index (χ0v) is 13.0. The summed E-state index contributed by atoms with van der Waals surface area (Å²) in [5.41, 5.74) is -0.497. The van der Waals surface area contributed by atoms with Gasteiger partial charge in [-0.05, 0) is 49.1 Å². The molecule has 3 atom stereocenters.